The molecule has 0 spiro atoms. The molecule has 1 aromatic carbocycles. The van der Waals surface area contributed by atoms with Crippen molar-refractivity contribution in [3.8, 4) is 0 Å². The topological polar surface area (TPSA) is 72.2 Å². The molecule has 0 heterocycles. The maximum atomic E-state index is 13.6. The molecule has 5 nitrogen and oxygen atoms in total. The number of nitrogens with zero attached hydrogens (tertiary/aromatic N) is 1. The lowest BCUT2D eigenvalue weighted by Gasteiger charge is -2.07. The molecule has 0 bridgehead atoms. The second-order valence-corrected chi connectivity index (χ2v) is 6.63. The summed E-state index contributed by atoms with van der Waals surface area (Å²) in [4.78, 5) is 22.1. The second kappa shape index (κ2) is 4.79. The number of carbonyl (C=O) groups is 1. The summed E-state index contributed by atoms with van der Waals surface area (Å²) in [7, 11) is 0. The molecule has 21 heavy (non-hydrogen) atoms. The minimum atomic E-state index is -0.757. The first-order valence-corrected chi connectivity index (χ1v) is 6.81. The molecular formula is C15H19FN2O3. The van der Waals surface area contributed by atoms with Crippen LogP contribution in [0.2, 0.25) is 0 Å². The number of hydrogen-bond acceptors (Lipinski definition) is 3. The summed E-state index contributed by atoms with van der Waals surface area (Å²) in [5, 5.41) is 13.4. The zero-order valence-corrected chi connectivity index (χ0v) is 12.6. The average Bonchev–Trinajstić information content (AvgIpc) is 2.77. The Kier molecular flexibility index (Phi) is 3.51. The molecule has 0 unspecified atom stereocenters. The van der Waals surface area contributed by atoms with Crippen LogP contribution >= 0.6 is 0 Å². The molecule has 0 aromatic heterocycles. The maximum absolute atomic E-state index is 13.6. The molecule has 1 aromatic rings. The van der Waals surface area contributed by atoms with Crippen molar-refractivity contribution in [3.63, 3.8) is 0 Å². The van der Waals surface area contributed by atoms with Crippen LogP contribution in [0.4, 0.5) is 10.1 Å². The van der Waals surface area contributed by atoms with E-state index in [9.17, 15) is 19.3 Å². The number of halogens is 1. The SMILES string of the molecule is CC1(C)C(CNC(=O)c2cc([N+](=O)[O-])ccc2F)C1(C)C. The maximum Gasteiger partial charge on any atom is 0.270 e. The Morgan fingerprint density at radius 2 is 1.90 bits per heavy atom. The molecule has 1 amide bonds. The quantitative estimate of drug-likeness (QED) is 0.685. The summed E-state index contributed by atoms with van der Waals surface area (Å²) in [5.74, 6) is -1.07. The normalized spacial score (nSPS) is 19.1. The molecule has 0 radical (unpaired) electrons. The molecule has 6 heteroatoms. The Labute approximate surface area is 122 Å². The van der Waals surface area contributed by atoms with Gasteiger partial charge in [-0.3, -0.25) is 14.9 Å². The average molecular weight is 294 g/mol. The number of nitrogens with one attached hydrogen (secondary N) is 1. The Morgan fingerprint density at radius 3 is 2.38 bits per heavy atom. The highest BCUT2D eigenvalue weighted by Crippen LogP contribution is 2.67. The van der Waals surface area contributed by atoms with Gasteiger partial charge in [0.1, 0.15) is 5.82 Å². The molecule has 1 N–H and O–H groups in total. The third-order valence-electron chi connectivity index (χ3n) is 5.19. The summed E-state index contributed by atoms with van der Waals surface area (Å²) in [6.07, 6.45) is 0. The van der Waals surface area contributed by atoms with Crippen molar-refractivity contribution in [2.24, 2.45) is 16.7 Å². The van der Waals surface area contributed by atoms with Crippen LogP contribution in [0.1, 0.15) is 38.1 Å². The van der Waals surface area contributed by atoms with Crippen LogP contribution < -0.4 is 5.32 Å². The molecule has 114 valence electrons. The molecule has 1 aliphatic rings. The molecular weight excluding hydrogens is 275 g/mol. The van der Waals surface area contributed by atoms with Crippen LogP contribution in [0.15, 0.2) is 18.2 Å². The largest absolute Gasteiger partial charge is 0.352 e. The van der Waals surface area contributed by atoms with Crippen LogP contribution in [0, 0.1) is 32.7 Å². The Balaban J connectivity index is 2.08. The highest BCUT2D eigenvalue weighted by atomic mass is 19.1. The molecule has 0 atom stereocenters. The predicted octanol–water partition coefficient (Wildman–Crippen LogP) is 3.15. The molecule has 0 saturated heterocycles. The Bertz CT molecular complexity index is 597. The van der Waals surface area contributed by atoms with Gasteiger partial charge in [0.25, 0.3) is 11.6 Å². The summed E-state index contributed by atoms with van der Waals surface area (Å²) < 4.78 is 13.6. The van der Waals surface area contributed by atoms with Crippen LogP contribution in [0.3, 0.4) is 0 Å². The summed E-state index contributed by atoms with van der Waals surface area (Å²) in [5.41, 5.74) is -0.364. The molecule has 1 fully saturated rings. The molecule has 2 rings (SSSR count). The fourth-order valence-electron chi connectivity index (χ4n) is 2.93. The van der Waals surface area contributed by atoms with Crippen molar-refractivity contribution in [3.05, 3.63) is 39.7 Å². The van der Waals surface area contributed by atoms with Gasteiger partial charge in [0, 0.05) is 18.7 Å². The van der Waals surface area contributed by atoms with Crippen molar-refractivity contribution in [1.82, 2.24) is 5.32 Å². The summed E-state index contributed by atoms with van der Waals surface area (Å²) >= 11 is 0. The Morgan fingerprint density at radius 1 is 1.33 bits per heavy atom. The van der Waals surface area contributed by atoms with Gasteiger partial charge < -0.3 is 5.32 Å². The molecule has 1 aliphatic carbocycles. The number of hydrogen-bond donors (Lipinski definition) is 1. The third kappa shape index (κ3) is 2.50. The fourth-order valence-corrected chi connectivity index (χ4v) is 2.93. The third-order valence-corrected chi connectivity index (χ3v) is 5.19. The first-order valence-electron chi connectivity index (χ1n) is 6.81. The van der Waals surface area contributed by atoms with Gasteiger partial charge in [0.2, 0.25) is 0 Å². The fraction of sp³-hybridized carbons (Fsp3) is 0.533. The predicted molar refractivity (Wildman–Crippen MR) is 76.4 cm³/mol. The lowest BCUT2D eigenvalue weighted by atomic mass is 10.0. The number of non-ortho nitro benzene ring substituents is 1. The monoisotopic (exact) mass is 294 g/mol. The van der Waals surface area contributed by atoms with Crippen molar-refractivity contribution in [2.75, 3.05) is 6.54 Å². The van der Waals surface area contributed by atoms with E-state index in [0.29, 0.717) is 12.5 Å². The highest BCUT2D eigenvalue weighted by molar-refractivity contribution is 5.95. The number of nitro benzene ring substituents is 1. The van der Waals surface area contributed by atoms with E-state index in [-0.39, 0.29) is 22.1 Å². The first kappa shape index (κ1) is 15.4. The van der Waals surface area contributed by atoms with Crippen LogP contribution in [-0.4, -0.2) is 17.4 Å². The van der Waals surface area contributed by atoms with E-state index < -0.39 is 16.6 Å². The minimum Gasteiger partial charge on any atom is -0.352 e. The zero-order valence-electron chi connectivity index (χ0n) is 12.6. The number of benzene rings is 1. The lowest BCUT2D eigenvalue weighted by molar-refractivity contribution is -0.384. The zero-order chi connectivity index (χ0) is 16.0. The standard InChI is InChI=1S/C15H19FN2O3/c1-14(2)12(15(14,3)4)8-17-13(19)10-7-9(18(20)21)5-6-11(10)16/h5-7,12H,8H2,1-4H3,(H,17,19). The van der Waals surface area contributed by atoms with Gasteiger partial charge in [-0.25, -0.2) is 4.39 Å². The summed E-state index contributed by atoms with van der Waals surface area (Å²) in [6.45, 7) is 8.92. The van der Waals surface area contributed by atoms with E-state index in [1.807, 2.05) is 0 Å². The van der Waals surface area contributed by atoms with Gasteiger partial charge in [0.05, 0.1) is 10.5 Å². The van der Waals surface area contributed by atoms with Crippen LogP contribution in [-0.2, 0) is 0 Å². The van der Waals surface area contributed by atoms with E-state index in [1.54, 1.807) is 0 Å². The van der Waals surface area contributed by atoms with Gasteiger partial charge in [-0.2, -0.15) is 0 Å². The lowest BCUT2D eigenvalue weighted by Crippen LogP contribution is -2.28. The summed E-state index contributed by atoms with van der Waals surface area (Å²) in [6, 6.07) is 2.95. The van der Waals surface area contributed by atoms with Crippen LogP contribution in [0.25, 0.3) is 0 Å². The van der Waals surface area contributed by atoms with E-state index in [0.717, 1.165) is 18.2 Å². The van der Waals surface area contributed by atoms with Crippen molar-refractivity contribution < 1.29 is 14.1 Å². The number of carbonyl (C=O) groups excluding carboxylic acids is 1. The van der Waals surface area contributed by atoms with E-state index >= 15 is 0 Å². The first-order chi connectivity index (χ1) is 9.59. The van der Waals surface area contributed by atoms with Crippen molar-refractivity contribution in [1.29, 1.82) is 0 Å². The van der Waals surface area contributed by atoms with Gasteiger partial charge in [-0.15, -0.1) is 0 Å². The Hall–Kier alpha value is -1.98. The van der Waals surface area contributed by atoms with Crippen molar-refractivity contribution in [2.45, 2.75) is 27.7 Å². The number of rotatable bonds is 4. The highest BCUT2D eigenvalue weighted by Gasteiger charge is 2.64. The van der Waals surface area contributed by atoms with Crippen LogP contribution in [0.5, 0.6) is 0 Å². The second-order valence-electron chi connectivity index (χ2n) is 6.63. The number of nitro groups is 1. The smallest absolute Gasteiger partial charge is 0.270 e. The molecule has 0 aliphatic heterocycles. The van der Waals surface area contributed by atoms with Gasteiger partial charge in [-0.1, -0.05) is 27.7 Å². The minimum absolute atomic E-state index is 0.113. The van der Waals surface area contributed by atoms with Gasteiger partial charge in [0.15, 0.2) is 0 Å². The van der Waals surface area contributed by atoms with Gasteiger partial charge >= 0.3 is 0 Å². The van der Waals surface area contributed by atoms with E-state index in [4.69, 9.17) is 0 Å². The van der Waals surface area contributed by atoms with E-state index in [1.165, 1.54) is 0 Å². The number of amides is 1. The van der Waals surface area contributed by atoms with Gasteiger partial charge in [-0.05, 0) is 22.8 Å². The van der Waals surface area contributed by atoms with E-state index in [2.05, 4.69) is 33.0 Å². The van der Waals surface area contributed by atoms with Crippen molar-refractivity contribution >= 4 is 11.6 Å². The molecule has 1 saturated carbocycles.